The van der Waals surface area contributed by atoms with E-state index in [9.17, 15) is 0 Å². The fourth-order valence-corrected chi connectivity index (χ4v) is 0.696. The van der Waals surface area contributed by atoms with E-state index in [1.807, 2.05) is 6.92 Å². The summed E-state index contributed by atoms with van der Waals surface area (Å²) in [6.45, 7) is 10.1. The fourth-order valence-electron chi connectivity index (χ4n) is 0.696. The second-order valence-corrected chi connectivity index (χ2v) is 2.45. The van der Waals surface area contributed by atoms with Crippen molar-refractivity contribution < 1.29 is 4.74 Å². The van der Waals surface area contributed by atoms with Crippen LogP contribution in [0.5, 0.6) is 0 Å². The van der Waals surface area contributed by atoms with E-state index >= 15 is 0 Å². The Labute approximate surface area is 63.4 Å². The molecule has 0 amide bonds. The fraction of sp³-hybridized carbons (Fsp3) is 0.556. The monoisotopic (exact) mass is 140 g/mol. The van der Waals surface area contributed by atoms with Gasteiger partial charge in [-0.3, -0.25) is 0 Å². The van der Waals surface area contributed by atoms with Crippen LogP contribution in [0.4, 0.5) is 0 Å². The number of rotatable bonds is 6. The van der Waals surface area contributed by atoms with Crippen molar-refractivity contribution in [2.75, 3.05) is 6.61 Å². The third-order valence-electron chi connectivity index (χ3n) is 1.23. The smallest absolute Gasteiger partial charge is 0.0873 e. The molecule has 0 radical (unpaired) electrons. The summed E-state index contributed by atoms with van der Waals surface area (Å²) in [6, 6.07) is 0. The zero-order valence-corrected chi connectivity index (χ0v) is 6.73. The van der Waals surface area contributed by atoms with Gasteiger partial charge in [0, 0.05) is 0 Å². The first kappa shape index (κ1) is 9.28. The summed E-state index contributed by atoms with van der Waals surface area (Å²) >= 11 is 0. The second kappa shape index (κ2) is 6.40. The number of allylic oxidation sites excluding steroid dienone is 1. The largest absolute Gasteiger partial charge is 0.502 e. The molecule has 10 heavy (non-hydrogen) atoms. The first-order valence-electron chi connectivity index (χ1n) is 3.64. The van der Waals surface area contributed by atoms with E-state index in [1.165, 1.54) is 18.3 Å². The number of hydrogen-bond donors (Lipinski definition) is 0. The molecule has 0 bridgehead atoms. The molecule has 0 aromatic rings. The van der Waals surface area contributed by atoms with E-state index in [2.05, 4.69) is 13.2 Å². The molecular weight excluding hydrogens is 124 g/mol. The molecule has 0 heterocycles. The Kier molecular flexibility index (Phi) is 5.94. The Bertz CT molecular complexity index is 105. The maximum Gasteiger partial charge on any atom is 0.0873 e. The molecular formula is C9H16O. The molecule has 0 saturated carbocycles. The number of unbranched alkanes of at least 4 members (excludes halogenated alkanes) is 1. The van der Waals surface area contributed by atoms with Crippen LogP contribution in [0.1, 0.15) is 26.2 Å². The molecule has 1 nitrogen and oxygen atoms in total. The predicted molar refractivity (Wildman–Crippen MR) is 44.8 cm³/mol. The minimum atomic E-state index is 0.788. The predicted octanol–water partition coefficient (Wildman–Crippen LogP) is 2.89. The highest BCUT2D eigenvalue weighted by atomic mass is 16.5. The Morgan fingerprint density at radius 3 is 2.70 bits per heavy atom. The van der Waals surface area contributed by atoms with Crippen LogP contribution in [0.2, 0.25) is 0 Å². The van der Waals surface area contributed by atoms with Crippen molar-refractivity contribution in [2.45, 2.75) is 26.2 Å². The molecule has 0 aliphatic rings. The van der Waals surface area contributed by atoms with Crippen LogP contribution in [0.15, 0.2) is 25.0 Å². The topological polar surface area (TPSA) is 9.23 Å². The zero-order chi connectivity index (χ0) is 7.82. The molecule has 58 valence electrons. The lowest BCUT2D eigenvalue weighted by Gasteiger charge is -1.99. The minimum Gasteiger partial charge on any atom is -0.502 e. The summed E-state index contributed by atoms with van der Waals surface area (Å²) in [5, 5.41) is 0. The Morgan fingerprint density at radius 2 is 2.20 bits per heavy atom. The number of ether oxygens (including phenoxy) is 1. The van der Waals surface area contributed by atoms with Gasteiger partial charge in [-0.05, 0) is 26.2 Å². The van der Waals surface area contributed by atoms with Crippen LogP contribution in [-0.4, -0.2) is 6.61 Å². The molecule has 0 aromatic heterocycles. The maximum absolute atomic E-state index is 4.95. The Balaban J connectivity index is 2.90. The average Bonchev–Trinajstić information content (AvgIpc) is 1.87. The highest BCUT2D eigenvalue weighted by molar-refractivity contribution is 4.86. The molecule has 0 fully saturated rings. The highest BCUT2D eigenvalue weighted by Crippen LogP contribution is 2.03. The van der Waals surface area contributed by atoms with Crippen molar-refractivity contribution in [3.05, 3.63) is 25.0 Å². The van der Waals surface area contributed by atoms with E-state index in [0.717, 1.165) is 19.4 Å². The summed E-state index contributed by atoms with van der Waals surface area (Å²) in [5.74, 6) is 0. The van der Waals surface area contributed by atoms with Gasteiger partial charge in [0.1, 0.15) is 0 Å². The first-order valence-corrected chi connectivity index (χ1v) is 3.64. The van der Waals surface area contributed by atoms with Crippen LogP contribution in [0.3, 0.4) is 0 Å². The lowest BCUT2D eigenvalue weighted by Crippen LogP contribution is -1.87. The van der Waals surface area contributed by atoms with E-state index in [-0.39, 0.29) is 0 Å². The van der Waals surface area contributed by atoms with Gasteiger partial charge in [-0.2, -0.15) is 0 Å². The van der Waals surface area contributed by atoms with Gasteiger partial charge in [0.2, 0.25) is 0 Å². The molecule has 0 saturated heterocycles. The summed E-state index contributed by atoms with van der Waals surface area (Å²) in [7, 11) is 0. The molecule has 0 aliphatic heterocycles. The van der Waals surface area contributed by atoms with E-state index in [0.29, 0.717) is 0 Å². The molecule has 0 unspecified atom stereocenters. The quantitative estimate of drug-likeness (QED) is 0.313. The van der Waals surface area contributed by atoms with Crippen molar-refractivity contribution in [2.24, 2.45) is 0 Å². The molecule has 0 N–H and O–H groups in total. The summed E-state index contributed by atoms with van der Waals surface area (Å²) < 4.78 is 4.95. The summed E-state index contributed by atoms with van der Waals surface area (Å²) in [5.41, 5.74) is 1.25. The third-order valence-corrected chi connectivity index (χ3v) is 1.23. The lowest BCUT2D eigenvalue weighted by atomic mass is 10.1. The van der Waals surface area contributed by atoms with Crippen LogP contribution in [0, 0.1) is 0 Å². The van der Waals surface area contributed by atoms with Crippen molar-refractivity contribution in [1.29, 1.82) is 0 Å². The molecule has 0 rings (SSSR count). The van der Waals surface area contributed by atoms with Crippen molar-refractivity contribution >= 4 is 0 Å². The molecule has 0 spiro atoms. The van der Waals surface area contributed by atoms with Gasteiger partial charge in [0.05, 0.1) is 12.9 Å². The van der Waals surface area contributed by atoms with Gasteiger partial charge in [-0.1, -0.05) is 12.2 Å². The van der Waals surface area contributed by atoms with E-state index in [4.69, 9.17) is 4.74 Å². The van der Waals surface area contributed by atoms with Gasteiger partial charge < -0.3 is 4.74 Å². The second-order valence-electron chi connectivity index (χ2n) is 2.45. The highest BCUT2D eigenvalue weighted by Gasteiger charge is 1.87. The van der Waals surface area contributed by atoms with Gasteiger partial charge in [0.15, 0.2) is 0 Å². The molecule has 0 aromatic carbocycles. The molecule has 1 heteroatoms. The maximum atomic E-state index is 4.95. The van der Waals surface area contributed by atoms with Crippen LogP contribution >= 0.6 is 0 Å². The minimum absolute atomic E-state index is 0.788. The zero-order valence-electron chi connectivity index (χ0n) is 6.73. The van der Waals surface area contributed by atoms with Gasteiger partial charge in [0.25, 0.3) is 0 Å². The van der Waals surface area contributed by atoms with Gasteiger partial charge >= 0.3 is 0 Å². The van der Waals surface area contributed by atoms with Crippen molar-refractivity contribution in [3.63, 3.8) is 0 Å². The Morgan fingerprint density at radius 1 is 1.50 bits per heavy atom. The van der Waals surface area contributed by atoms with Crippen molar-refractivity contribution in [1.82, 2.24) is 0 Å². The molecule has 0 atom stereocenters. The van der Waals surface area contributed by atoms with E-state index < -0.39 is 0 Å². The van der Waals surface area contributed by atoms with Gasteiger partial charge in [-0.15, -0.1) is 6.58 Å². The average molecular weight is 140 g/mol. The van der Waals surface area contributed by atoms with Crippen LogP contribution in [0.25, 0.3) is 0 Å². The van der Waals surface area contributed by atoms with Crippen LogP contribution < -0.4 is 0 Å². The van der Waals surface area contributed by atoms with Crippen molar-refractivity contribution in [3.8, 4) is 0 Å². The van der Waals surface area contributed by atoms with E-state index in [1.54, 1.807) is 0 Å². The standard InChI is InChI=1S/C9H16O/c1-4-10-8-6-5-7-9(2)3/h4H,1-2,5-8H2,3H3. The number of hydrogen-bond acceptors (Lipinski definition) is 1. The first-order chi connectivity index (χ1) is 4.77. The summed E-state index contributed by atoms with van der Waals surface area (Å²) in [4.78, 5) is 0. The normalized spacial score (nSPS) is 8.90. The van der Waals surface area contributed by atoms with Crippen LogP contribution in [-0.2, 0) is 4.74 Å². The van der Waals surface area contributed by atoms with Gasteiger partial charge in [-0.25, -0.2) is 0 Å². The third kappa shape index (κ3) is 7.28. The lowest BCUT2D eigenvalue weighted by molar-refractivity contribution is 0.243. The summed E-state index contributed by atoms with van der Waals surface area (Å²) in [6.07, 6.45) is 4.86. The SMILES string of the molecule is C=COCCCCC(=C)C. The molecule has 0 aliphatic carbocycles. The Hall–Kier alpha value is -0.720.